The molecule has 0 saturated heterocycles. The van der Waals surface area contributed by atoms with Gasteiger partial charge in [0.05, 0.1) is 9.79 Å². The van der Waals surface area contributed by atoms with Gasteiger partial charge in [-0.1, -0.05) is 78.6 Å². The zero-order valence-corrected chi connectivity index (χ0v) is 22.7. The summed E-state index contributed by atoms with van der Waals surface area (Å²) in [4.78, 5) is 0.371. The Morgan fingerprint density at radius 2 is 0.882 bits per heavy atom. The molecule has 0 heterocycles. The van der Waals surface area contributed by atoms with Crippen molar-refractivity contribution in [1.29, 1.82) is 0 Å². The number of rotatable bonds is 6. The van der Waals surface area contributed by atoms with Crippen molar-refractivity contribution < 1.29 is 16.8 Å². The van der Waals surface area contributed by atoms with Gasteiger partial charge in [-0.05, 0) is 59.1 Å². The first-order valence-corrected chi connectivity index (χ1v) is 14.8. The highest BCUT2D eigenvalue weighted by Crippen LogP contribution is 2.27. The van der Waals surface area contributed by atoms with E-state index in [0.29, 0.717) is 12.8 Å². The summed E-state index contributed by atoms with van der Waals surface area (Å²) in [5.74, 6) is 0. The summed E-state index contributed by atoms with van der Waals surface area (Å²) < 4.78 is 57.9. The van der Waals surface area contributed by atoms with Crippen molar-refractivity contribution in [2.45, 2.75) is 99.9 Å². The van der Waals surface area contributed by atoms with Crippen molar-refractivity contribution >= 4 is 20.0 Å². The predicted octanol–water partition coefficient (Wildman–Crippen LogP) is 4.85. The van der Waals surface area contributed by atoms with Gasteiger partial charge in [0.2, 0.25) is 20.0 Å². The van der Waals surface area contributed by atoms with E-state index in [9.17, 15) is 16.8 Å². The van der Waals surface area contributed by atoms with Crippen LogP contribution >= 0.6 is 0 Å². The van der Waals surface area contributed by atoms with Gasteiger partial charge >= 0.3 is 0 Å². The van der Waals surface area contributed by atoms with E-state index in [2.05, 4.69) is 51.0 Å². The lowest BCUT2D eigenvalue weighted by Crippen LogP contribution is -2.53. The van der Waals surface area contributed by atoms with E-state index in [-0.39, 0.29) is 20.6 Å². The molecule has 1 aliphatic rings. The lowest BCUT2D eigenvalue weighted by molar-refractivity contribution is 0.340. The Morgan fingerprint density at radius 3 is 1.15 bits per heavy atom. The fourth-order valence-electron chi connectivity index (χ4n) is 4.22. The Hall–Kier alpha value is -1.74. The van der Waals surface area contributed by atoms with Crippen LogP contribution in [0.25, 0.3) is 0 Å². The van der Waals surface area contributed by atoms with Crippen LogP contribution in [0.4, 0.5) is 0 Å². The third-order valence-electron chi connectivity index (χ3n) is 6.44. The standard InChI is InChI=1S/C26H38N2O4S2/c1-25(2,3)19-11-15-21(16-12-19)33(29,30)27-23-9-7-8-10-24(23)28-34(31,32)22-17-13-20(14-18-22)26(4,5)6/h11-18,23-24,27-28H,7-10H2,1-6H3/t23-,24-/m1/s1. The predicted molar refractivity (Wildman–Crippen MR) is 137 cm³/mol. The van der Waals surface area contributed by atoms with Crippen molar-refractivity contribution in [3.63, 3.8) is 0 Å². The van der Waals surface area contributed by atoms with Gasteiger partial charge in [0.15, 0.2) is 0 Å². The van der Waals surface area contributed by atoms with Gasteiger partial charge in [0.25, 0.3) is 0 Å². The fourth-order valence-corrected chi connectivity index (χ4v) is 6.84. The lowest BCUT2D eigenvalue weighted by atomic mass is 9.87. The van der Waals surface area contributed by atoms with E-state index in [0.717, 1.165) is 24.0 Å². The second-order valence-corrected chi connectivity index (χ2v) is 14.7. The molecular formula is C26H38N2O4S2. The number of sulfonamides is 2. The van der Waals surface area contributed by atoms with Crippen molar-refractivity contribution in [3.05, 3.63) is 59.7 Å². The average Bonchev–Trinajstić information content (AvgIpc) is 2.74. The molecule has 0 bridgehead atoms. The van der Waals surface area contributed by atoms with Crippen LogP contribution in [0.1, 0.15) is 78.4 Å². The van der Waals surface area contributed by atoms with Crippen LogP contribution in [0.2, 0.25) is 0 Å². The summed E-state index contributed by atoms with van der Waals surface area (Å²) >= 11 is 0. The molecule has 0 radical (unpaired) electrons. The van der Waals surface area contributed by atoms with Crippen molar-refractivity contribution in [2.75, 3.05) is 0 Å². The van der Waals surface area contributed by atoms with Crippen LogP contribution in [0.3, 0.4) is 0 Å². The topological polar surface area (TPSA) is 92.3 Å². The second kappa shape index (κ2) is 9.72. The molecule has 0 aromatic heterocycles. The van der Waals surface area contributed by atoms with Crippen LogP contribution in [0, 0.1) is 0 Å². The highest BCUT2D eigenvalue weighted by molar-refractivity contribution is 7.90. The van der Waals surface area contributed by atoms with Gasteiger partial charge in [-0.2, -0.15) is 0 Å². The maximum absolute atomic E-state index is 13.1. The molecule has 2 N–H and O–H groups in total. The molecule has 2 atom stereocenters. The third kappa shape index (κ3) is 6.47. The lowest BCUT2D eigenvalue weighted by Gasteiger charge is -2.32. The monoisotopic (exact) mass is 506 g/mol. The SMILES string of the molecule is CC(C)(C)c1ccc(S(=O)(=O)N[C@@H]2CCCC[C@H]2NS(=O)(=O)c2ccc(C(C)(C)C)cc2)cc1. The van der Waals surface area contributed by atoms with Crippen LogP contribution in [-0.2, 0) is 30.9 Å². The first kappa shape index (κ1) is 26.9. The first-order chi connectivity index (χ1) is 15.6. The first-order valence-electron chi connectivity index (χ1n) is 11.9. The van der Waals surface area contributed by atoms with Gasteiger partial charge in [-0.25, -0.2) is 26.3 Å². The summed E-state index contributed by atoms with van der Waals surface area (Å²) in [6.07, 6.45) is 2.84. The maximum atomic E-state index is 13.1. The maximum Gasteiger partial charge on any atom is 0.240 e. The quantitative estimate of drug-likeness (QED) is 0.586. The molecule has 1 aliphatic carbocycles. The van der Waals surface area contributed by atoms with E-state index < -0.39 is 32.1 Å². The molecule has 2 aromatic carbocycles. The Kier molecular flexibility index (Phi) is 7.68. The molecule has 0 amide bonds. The summed E-state index contributed by atoms with van der Waals surface area (Å²) in [5, 5.41) is 0. The van der Waals surface area contributed by atoms with Crippen LogP contribution in [0.15, 0.2) is 58.3 Å². The van der Waals surface area contributed by atoms with E-state index in [1.807, 2.05) is 24.3 Å². The molecule has 6 nitrogen and oxygen atoms in total. The molecule has 188 valence electrons. The Bertz CT molecular complexity index is 1090. The van der Waals surface area contributed by atoms with Crippen LogP contribution in [-0.4, -0.2) is 28.9 Å². The van der Waals surface area contributed by atoms with Gasteiger partial charge in [0.1, 0.15) is 0 Å². The summed E-state index contributed by atoms with van der Waals surface area (Å²) in [5.41, 5.74) is 1.95. The van der Waals surface area contributed by atoms with Gasteiger partial charge < -0.3 is 0 Å². The minimum atomic E-state index is -3.78. The van der Waals surface area contributed by atoms with Gasteiger partial charge in [-0.15, -0.1) is 0 Å². The molecule has 3 rings (SSSR count). The van der Waals surface area contributed by atoms with E-state index in [1.165, 1.54) is 0 Å². The fraction of sp³-hybridized carbons (Fsp3) is 0.538. The molecule has 0 spiro atoms. The molecule has 1 fully saturated rings. The van der Waals surface area contributed by atoms with E-state index in [1.54, 1.807) is 24.3 Å². The van der Waals surface area contributed by atoms with Crippen LogP contribution in [0.5, 0.6) is 0 Å². The highest BCUT2D eigenvalue weighted by Gasteiger charge is 2.33. The van der Waals surface area contributed by atoms with Crippen molar-refractivity contribution in [3.8, 4) is 0 Å². The second-order valence-electron chi connectivity index (χ2n) is 11.3. The minimum Gasteiger partial charge on any atom is -0.207 e. The average molecular weight is 507 g/mol. The number of benzene rings is 2. The Morgan fingerprint density at radius 1 is 0.588 bits per heavy atom. The van der Waals surface area contributed by atoms with Gasteiger partial charge in [-0.3, -0.25) is 0 Å². The molecular weight excluding hydrogens is 468 g/mol. The smallest absolute Gasteiger partial charge is 0.207 e. The highest BCUT2D eigenvalue weighted by atomic mass is 32.2. The normalized spacial score (nSPS) is 20.3. The molecule has 0 aliphatic heterocycles. The number of hydrogen-bond donors (Lipinski definition) is 2. The zero-order valence-electron chi connectivity index (χ0n) is 21.1. The molecule has 0 unspecified atom stereocenters. The van der Waals surface area contributed by atoms with E-state index in [4.69, 9.17) is 0 Å². The zero-order chi connectivity index (χ0) is 25.4. The summed E-state index contributed by atoms with van der Waals surface area (Å²) in [6, 6.07) is 12.8. The molecule has 8 heteroatoms. The number of hydrogen-bond acceptors (Lipinski definition) is 4. The molecule has 34 heavy (non-hydrogen) atoms. The number of nitrogens with one attached hydrogen (secondary N) is 2. The summed E-state index contributed by atoms with van der Waals surface area (Å²) in [7, 11) is -7.56. The van der Waals surface area contributed by atoms with Gasteiger partial charge in [0, 0.05) is 12.1 Å². The minimum absolute atomic E-state index is 0.0758. The Balaban J connectivity index is 1.77. The van der Waals surface area contributed by atoms with Crippen LogP contribution < -0.4 is 9.44 Å². The largest absolute Gasteiger partial charge is 0.240 e. The molecule has 2 aromatic rings. The molecule has 1 saturated carbocycles. The van der Waals surface area contributed by atoms with E-state index >= 15 is 0 Å². The summed E-state index contributed by atoms with van der Waals surface area (Å²) in [6.45, 7) is 12.4. The Labute approximate surface area is 205 Å². The van der Waals surface area contributed by atoms with Crippen molar-refractivity contribution in [1.82, 2.24) is 9.44 Å². The third-order valence-corrected chi connectivity index (χ3v) is 9.45. The van der Waals surface area contributed by atoms with Crippen molar-refractivity contribution in [2.24, 2.45) is 0 Å².